The molecule has 0 aromatic heterocycles. The molecule has 10 nitrogen and oxygen atoms in total. The van der Waals surface area contributed by atoms with Gasteiger partial charge in [0.05, 0.1) is 10.6 Å². The van der Waals surface area contributed by atoms with Gasteiger partial charge in [-0.25, -0.2) is 4.79 Å². The van der Waals surface area contributed by atoms with E-state index in [4.69, 9.17) is 11.6 Å². The van der Waals surface area contributed by atoms with Gasteiger partial charge in [-0.05, 0) is 25.5 Å². The van der Waals surface area contributed by atoms with Gasteiger partial charge in [0.1, 0.15) is 12.1 Å². The first-order valence-electron chi connectivity index (χ1n) is 8.71. The van der Waals surface area contributed by atoms with Gasteiger partial charge in [-0.3, -0.25) is 24.6 Å². The lowest BCUT2D eigenvalue weighted by atomic mass is 9.91. The van der Waals surface area contributed by atoms with E-state index in [1.807, 2.05) is 6.92 Å². The molecule has 1 fully saturated rings. The fourth-order valence-electron chi connectivity index (χ4n) is 3.08. The summed E-state index contributed by atoms with van der Waals surface area (Å²) in [5.41, 5.74) is -0.822. The number of phenolic OH excluding ortho intramolecular Hbond substituents is 1. The number of anilines is 1. The Balaban J connectivity index is 1.79. The van der Waals surface area contributed by atoms with Crippen molar-refractivity contribution in [3.8, 4) is 5.75 Å². The number of carbonyl (C=O) groups is 3. The molecule has 156 valence electrons. The minimum Gasteiger partial charge on any atom is -0.501 e. The van der Waals surface area contributed by atoms with Crippen LogP contribution in [-0.2, 0) is 15.1 Å². The molecule has 0 aliphatic carbocycles. The average molecular weight is 433 g/mol. The standard InChI is InChI=1S/C19H17ClN4O6/c1-10-3-5-11(6-4-10)19(2)17(27)23(18(28)22-19)9-15(25)21-13-7-12(20)8-14(16(13)26)24(29)30/h3-8,26H,9H2,1-2H3,(H,21,25)(H,22,28). The molecule has 1 unspecified atom stereocenters. The van der Waals surface area contributed by atoms with Crippen molar-refractivity contribution in [2.75, 3.05) is 11.9 Å². The molecule has 1 heterocycles. The second-order valence-corrected chi connectivity index (χ2v) is 7.38. The van der Waals surface area contributed by atoms with E-state index in [0.29, 0.717) is 5.56 Å². The molecule has 2 aromatic rings. The van der Waals surface area contributed by atoms with Gasteiger partial charge in [0.15, 0.2) is 0 Å². The Kier molecular flexibility index (Phi) is 5.36. The summed E-state index contributed by atoms with van der Waals surface area (Å²) in [6.45, 7) is 2.75. The van der Waals surface area contributed by atoms with E-state index in [2.05, 4.69) is 10.6 Å². The van der Waals surface area contributed by atoms with E-state index >= 15 is 0 Å². The third-order valence-corrected chi connectivity index (χ3v) is 4.95. The number of hydrogen-bond donors (Lipinski definition) is 3. The number of nitrogens with zero attached hydrogens (tertiary/aromatic N) is 2. The van der Waals surface area contributed by atoms with Crippen molar-refractivity contribution < 1.29 is 24.4 Å². The third kappa shape index (κ3) is 3.77. The Morgan fingerprint density at radius 3 is 2.53 bits per heavy atom. The lowest BCUT2D eigenvalue weighted by Gasteiger charge is -2.22. The molecular weight excluding hydrogens is 416 g/mol. The fraction of sp³-hybridized carbons (Fsp3) is 0.211. The highest BCUT2D eigenvalue weighted by Crippen LogP contribution is 2.37. The lowest BCUT2D eigenvalue weighted by molar-refractivity contribution is -0.385. The number of imide groups is 1. The number of rotatable bonds is 5. The largest absolute Gasteiger partial charge is 0.501 e. The highest BCUT2D eigenvalue weighted by atomic mass is 35.5. The van der Waals surface area contributed by atoms with Crippen molar-refractivity contribution >= 4 is 40.8 Å². The number of phenols is 1. The Labute approximate surface area is 175 Å². The molecule has 1 saturated heterocycles. The molecule has 1 aliphatic heterocycles. The number of aryl methyl sites for hydroxylation is 1. The summed E-state index contributed by atoms with van der Waals surface area (Å²) in [7, 11) is 0. The second-order valence-electron chi connectivity index (χ2n) is 6.94. The quantitative estimate of drug-likeness (QED) is 0.287. The Bertz CT molecular complexity index is 1070. The van der Waals surface area contributed by atoms with Crippen LogP contribution in [0.4, 0.5) is 16.2 Å². The van der Waals surface area contributed by atoms with Crippen LogP contribution in [0, 0.1) is 17.0 Å². The molecule has 0 saturated carbocycles. The van der Waals surface area contributed by atoms with Gasteiger partial charge in [-0.1, -0.05) is 41.4 Å². The number of nitrogens with one attached hydrogen (secondary N) is 2. The molecule has 1 aliphatic rings. The van der Waals surface area contributed by atoms with E-state index in [0.717, 1.165) is 22.6 Å². The van der Waals surface area contributed by atoms with Crippen LogP contribution in [0.25, 0.3) is 0 Å². The highest BCUT2D eigenvalue weighted by molar-refractivity contribution is 6.31. The summed E-state index contributed by atoms with van der Waals surface area (Å²) in [6, 6.07) is 8.29. The summed E-state index contributed by atoms with van der Waals surface area (Å²) >= 11 is 5.79. The topological polar surface area (TPSA) is 142 Å². The maximum atomic E-state index is 12.9. The van der Waals surface area contributed by atoms with Gasteiger partial charge >= 0.3 is 11.7 Å². The van der Waals surface area contributed by atoms with E-state index in [-0.39, 0.29) is 10.7 Å². The van der Waals surface area contributed by atoms with Crippen molar-refractivity contribution in [3.05, 3.63) is 62.7 Å². The van der Waals surface area contributed by atoms with Gasteiger partial charge in [0.2, 0.25) is 11.7 Å². The molecule has 2 aromatic carbocycles. The zero-order valence-corrected chi connectivity index (χ0v) is 16.7. The molecule has 30 heavy (non-hydrogen) atoms. The number of aromatic hydroxyl groups is 1. The summed E-state index contributed by atoms with van der Waals surface area (Å²) in [5, 5.41) is 25.7. The normalized spacial score (nSPS) is 18.3. The second kappa shape index (κ2) is 7.64. The number of halogens is 1. The maximum Gasteiger partial charge on any atom is 0.325 e. The summed E-state index contributed by atoms with van der Waals surface area (Å²) in [4.78, 5) is 48.5. The highest BCUT2D eigenvalue weighted by Gasteiger charge is 2.49. The summed E-state index contributed by atoms with van der Waals surface area (Å²) < 4.78 is 0. The minimum atomic E-state index is -1.35. The van der Waals surface area contributed by atoms with Crippen LogP contribution in [0.5, 0.6) is 5.75 Å². The molecule has 4 amide bonds. The van der Waals surface area contributed by atoms with Gasteiger partial charge < -0.3 is 15.7 Å². The Morgan fingerprint density at radius 2 is 1.93 bits per heavy atom. The molecule has 0 bridgehead atoms. The molecule has 11 heteroatoms. The number of hydrogen-bond acceptors (Lipinski definition) is 6. The van der Waals surface area contributed by atoms with Crippen molar-refractivity contribution in [2.45, 2.75) is 19.4 Å². The molecular formula is C19H17ClN4O6. The van der Waals surface area contributed by atoms with Crippen LogP contribution in [0.15, 0.2) is 36.4 Å². The van der Waals surface area contributed by atoms with E-state index in [1.165, 1.54) is 6.92 Å². The predicted molar refractivity (Wildman–Crippen MR) is 107 cm³/mol. The summed E-state index contributed by atoms with van der Waals surface area (Å²) in [5.74, 6) is -2.27. The number of urea groups is 1. The maximum absolute atomic E-state index is 12.9. The Hall–Kier alpha value is -3.66. The van der Waals surface area contributed by atoms with Crippen molar-refractivity contribution in [2.24, 2.45) is 0 Å². The smallest absolute Gasteiger partial charge is 0.325 e. The van der Waals surface area contributed by atoms with Crippen LogP contribution in [0.2, 0.25) is 5.02 Å². The fourth-order valence-corrected chi connectivity index (χ4v) is 3.29. The van der Waals surface area contributed by atoms with Gasteiger partial charge in [0, 0.05) is 11.1 Å². The van der Waals surface area contributed by atoms with E-state index in [9.17, 15) is 29.6 Å². The molecule has 0 spiro atoms. The minimum absolute atomic E-state index is 0.0864. The van der Waals surface area contributed by atoms with Crippen molar-refractivity contribution in [1.82, 2.24) is 10.2 Å². The van der Waals surface area contributed by atoms with Crippen LogP contribution >= 0.6 is 11.6 Å². The van der Waals surface area contributed by atoms with Gasteiger partial charge in [-0.15, -0.1) is 0 Å². The van der Waals surface area contributed by atoms with Crippen LogP contribution < -0.4 is 10.6 Å². The van der Waals surface area contributed by atoms with Crippen LogP contribution in [0.1, 0.15) is 18.1 Å². The lowest BCUT2D eigenvalue weighted by Crippen LogP contribution is -2.42. The average Bonchev–Trinajstić information content (AvgIpc) is 2.88. The van der Waals surface area contributed by atoms with Crippen LogP contribution in [0.3, 0.4) is 0 Å². The first-order chi connectivity index (χ1) is 14.0. The predicted octanol–water partition coefficient (Wildman–Crippen LogP) is 2.67. The summed E-state index contributed by atoms with van der Waals surface area (Å²) in [6.07, 6.45) is 0. The van der Waals surface area contributed by atoms with E-state index < -0.39 is 46.3 Å². The first-order valence-corrected chi connectivity index (χ1v) is 9.08. The molecule has 0 radical (unpaired) electrons. The third-order valence-electron chi connectivity index (χ3n) is 4.73. The molecule has 3 rings (SSSR count). The number of nitro groups is 1. The Morgan fingerprint density at radius 1 is 1.30 bits per heavy atom. The van der Waals surface area contributed by atoms with Crippen LogP contribution in [-0.4, -0.2) is 39.3 Å². The zero-order valence-electron chi connectivity index (χ0n) is 15.9. The van der Waals surface area contributed by atoms with Crippen molar-refractivity contribution in [3.63, 3.8) is 0 Å². The number of benzene rings is 2. The molecule has 3 N–H and O–H groups in total. The first kappa shape index (κ1) is 21.1. The monoisotopic (exact) mass is 432 g/mol. The number of carbonyl (C=O) groups excluding carboxylic acids is 3. The zero-order chi connectivity index (χ0) is 22.2. The van der Waals surface area contributed by atoms with Gasteiger partial charge in [-0.2, -0.15) is 0 Å². The number of amides is 4. The number of nitro benzene ring substituents is 1. The molecule has 1 atom stereocenters. The SMILES string of the molecule is Cc1ccc(C2(C)NC(=O)N(CC(=O)Nc3cc(Cl)cc([N+](=O)[O-])c3O)C2=O)cc1. The van der Waals surface area contributed by atoms with E-state index in [1.54, 1.807) is 24.3 Å². The van der Waals surface area contributed by atoms with Gasteiger partial charge in [0.25, 0.3) is 5.91 Å². The van der Waals surface area contributed by atoms with Crippen molar-refractivity contribution in [1.29, 1.82) is 0 Å².